The molecule has 1 aromatic carbocycles. The lowest BCUT2D eigenvalue weighted by Crippen LogP contribution is -2.39. The number of anilines is 2. The molecule has 0 spiro atoms. The third-order valence-electron chi connectivity index (χ3n) is 4.92. The molecule has 1 atom stereocenters. The maximum atomic E-state index is 12.9. The van der Waals surface area contributed by atoms with Crippen LogP contribution in [0, 0.1) is 5.82 Å². The van der Waals surface area contributed by atoms with Crippen LogP contribution in [0.5, 0.6) is 0 Å². The van der Waals surface area contributed by atoms with Crippen LogP contribution in [-0.2, 0) is 16.1 Å². The normalized spacial score (nSPS) is 17.3. The van der Waals surface area contributed by atoms with Crippen LogP contribution in [0.25, 0.3) is 0 Å². The fourth-order valence-electron chi connectivity index (χ4n) is 3.35. The van der Waals surface area contributed by atoms with Crippen molar-refractivity contribution in [3.05, 3.63) is 42.5 Å². The van der Waals surface area contributed by atoms with Crippen molar-refractivity contribution in [3.8, 4) is 0 Å². The van der Waals surface area contributed by atoms with Gasteiger partial charge >= 0.3 is 0 Å². The highest BCUT2D eigenvalue weighted by molar-refractivity contribution is 5.91. The number of likely N-dealkylation sites (tertiary alicyclic amines) is 1. The minimum absolute atomic E-state index is 0.00145. The van der Waals surface area contributed by atoms with Crippen molar-refractivity contribution in [1.82, 2.24) is 14.7 Å². The summed E-state index contributed by atoms with van der Waals surface area (Å²) in [5, 5.41) is 9.59. The van der Waals surface area contributed by atoms with Crippen molar-refractivity contribution < 1.29 is 14.0 Å². The first-order valence-electron chi connectivity index (χ1n) is 9.61. The summed E-state index contributed by atoms with van der Waals surface area (Å²) in [4.78, 5) is 26.6. The van der Waals surface area contributed by atoms with Gasteiger partial charge in [-0.1, -0.05) is 6.42 Å². The van der Waals surface area contributed by atoms with E-state index in [0.29, 0.717) is 23.8 Å². The van der Waals surface area contributed by atoms with Crippen LogP contribution in [-0.4, -0.2) is 45.6 Å². The van der Waals surface area contributed by atoms with Crippen LogP contribution in [0.4, 0.5) is 15.8 Å². The number of nitrogens with one attached hydrogen (secondary N) is 2. The summed E-state index contributed by atoms with van der Waals surface area (Å²) >= 11 is 0. The first kappa shape index (κ1) is 20.0. The molecular formula is C20H26FN5O2. The van der Waals surface area contributed by atoms with Gasteiger partial charge in [0.25, 0.3) is 0 Å². The van der Waals surface area contributed by atoms with Gasteiger partial charge in [-0.2, -0.15) is 5.10 Å². The van der Waals surface area contributed by atoms with Crippen molar-refractivity contribution in [1.29, 1.82) is 0 Å². The minimum atomic E-state index is -0.361. The molecule has 1 saturated heterocycles. The zero-order valence-corrected chi connectivity index (χ0v) is 16.0. The lowest BCUT2D eigenvalue weighted by atomic mass is 10.0. The van der Waals surface area contributed by atoms with Crippen LogP contribution in [0.15, 0.2) is 36.7 Å². The van der Waals surface area contributed by atoms with Gasteiger partial charge in [-0.25, -0.2) is 4.39 Å². The number of halogens is 1. The number of hydrogen-bond acceptors (Lipinski definition) is 4. The highest BCUT2D eigenvalue weighted by atomic mass is 19.1. The van der Waals surface area contributed by atoms with E-state index >= 15 is 0 Å². The van der Waals surface area contributed by atoms with Gasteiger partial charge in [-0.3, -0.25) is 14.3 Å². The molecule has 2 amide bonds. The number of hydrogen-bond donors (Lipinski definition) is 2. The van der Waals surface area contributed by atoms with E-state index in [1.165, 1.54) is 54.4 Å². The van der Waals surface area contributed by atoms with E-state index in [9.17, 15) is 14.0 Å². The Balaban J connectivity index is 1.43. The summed E-state index contributed by atoms with van der Waals surface area (Å²) in [6, 6.07) is 6.07. The summed E-state index contributed by atoms with van der Waals surface area (Å²) in [5.74, 6) is -0.708. The smallest absolute Gasteiger partial charge is 0.246 e. The Bertz CT molecular complexity index is 805. The first-order chi connectivity index (χ1) is 13.5. The van der Waals surface area contributed by atoms with E-state index in [0.717, 1.165) is 13.1 Å². The summed E-state index contributed by atoms with van der Waals surface area (Å²) < 4.78 is 14.3. The molecule has 28 heavy (non-hydrogen) atoms. The number of carbonyl (C=O) groups is 2. The molecule has 2 heterocycles. The second kappa shape index (κ2) is 9.45. The summed E-state index contributed by atoms with van der Waals surface area (Å²) in [5.41, 5.74) is 1.07. The number of rotatable bonds is 7. The second-order valence-electron chi connectivity index (χ2n) is 7.16. The molecule has 7 nitrogen and oxygen atoms in total. The predicted molar refractivity (Wildman–Crippen MR) is 105 cm³/mol. The topological polar surface area (TPSA) is 79.3 Å². The molecule has 0 aliphatic carbocycles. The van der Waals surface area contributed by atoms with Crippen molar-refractivity contribution in [3.63, 3.8) is 0 Å². The molecule has 8 heteroatoms. The van der Waals surface area contributed by atoms with Gasteiger partial charge in [0.2, 0.25) is 11.8 Å². The third kappa shape index (κ3) is 5.88. The predicted octanol–water partition coefficient (Wildman–Crippen LogP) is 2.86. The molecular weight excluding hydrogens is 361 g/mol. The van der Waals surface area contributed by atoms with E-state index in [2.05, 4.69) is 27.6 Å². The van der Waals surface area contributed by atoms with Crippen molar-refractivity contribution in [2.24, 2.45) is 0 Å². The average molecular weight is 387 g/mol. The molecule has 1 fully saturated rings. The second-order valence-corrected chi connectivity index (χ2v) is 7.16. The van der Waals surface area contributed by atoms with E-state index in [-0.39, 0.29) is 24.2 Å². The molecule has 0 radical (unpaired) electrons. The van der Waals surface area contributed by atoms with E-state index in [4.69, 9.17) is 0 Å². The Morgan fingerprint density at radius 3 is 2.64 bits per heavy atom. The molecule has 3 rings (SSSR count). The molecule has 1 unspecified atom stereocenters. The largest absolute Gasteiger partial charge is 0.324 e. The molecule has 0 saturated carbocycles. The van der Waals surface area contributed by atoms with Crippen LogP contribution in [0.1, 0.15) is 32.6 Å². The fourth-order valence-corrected chi connectivity index (χ4v) is 3.35. The van der Waals surface area contributed by atoms with Crippen molar-refractivity contribution in [2.45, 2.75) is 45.2 Å². The van der Waals surface area contributed by atoms with Gasteiger partial charge in [-0.05, 0) is 50.6 Å². The first-order valence-corrected chi connectivity index (χ1v) is 9.61. The molecule has 1 aliphatic rings. The average Bonchev–Trinajstić information content (AvgIpc) is 3.09. The number of amides is 2. The van der Waals surface area contributed by atoms with Crippen molar-refractivity contribution in [2.75, 3.05) is 23.7 Å². The van der Waals surface area contributed by atoms with Crippen LogP contribution in [0.3, 0.4) is 0 Å². The maximum Gasteiger partial charge on any atom is 0.246 e. The lowest BCUT2D eigenvalue weighted by molar-refractivity contribution is -0.117. The number of aromatic nitrogens is 2. The summed E-state index contributed by atoms with van der Waals surface area (Å²) in [7, 11) is 0. The number of nitrogens with zero attached hydrogens (tertiary/aromatic N) is 3. The molecule has 1 aliphatic heterocycles. The zero-order chi connectivity index (χ0) is 19.9. The van der Waals surface area contributed by atoms with Gasteiger partial charge in [0.05, 0.1) is 11.9 Å². The third-order valence-corrected chi connectivity index (χ3v) is 4.92. The molecule has 1 aromatic heterocycles. The minimum Gasteiger partial charge on any atom is -0.324 e. The zero-order valence-electron chi connectivity index (χ0n) is 16.0. The number of benzene rings is 1. The lowest BCUT2D eigenvalue weighted by Gasteiger charge is -2.33. The Hall–Kier alpha value is -2.74. The highest BCUT2D eigenvalue weighted by Gasteiger charge is 2.18. The van der Waals surface area contributed by atoms with Crippen LogP contribution >= 0.6 is 0 Å². The summed E-state index contributed by atoms with van der Waals surface area (Å²) in [6.45, 7) is 4.01. The summed E-state index contributed by atoms with van der Waals surface area (Å²) in [6.07, 6.45) is 7.21. The van der Waals surface area contributed by atoms with E-state index < -0.39 is 0 Å². The number of carbonyl (C=O) groups excluding carboxylic acids is 2. The van der Waals surface area contributed by atoms with Gasteiger partial charge in [-0.15, -0.1) is 0 Å². The molecule has 150 valence electrons. The Labute approximate surface area is 163 Å². The quantitative estimate of drug-likeness (QED) is 0.766. The van der Waals surface area contributed by atoms with E-state index in [1.807, 2.05) is 0 Å². The van der Waals surface area contributed by atoms with Gasteiger partial charge in [0.1, 0.15) is 12.4 Å². The van der Waals surface area contributed by atoms with Gasteiger partial charge < -0.3 is 15.5 Å². The Kier molecular flexibility index (Phi) is 6.76. The molecule has 0 bridgehead atoms. The fraction of sp³-hybridized carbons (Fsp3) is 0.450. The van der Waals surface area contributed by atoms with Crippen LogP contribution in [0.2, 0.25) is 0 Å². The van der Waals surface area contributed by atoms with E-state index in [1.54, 1.807) is 6.20 Å². The monoisotopic (exact) mass is 387 g/mol. The highest BCUT2D eigenvalue weighted by Crippen LogP contribution is 2.16. The Morgan fingerprint density at radius 2 is 1.89 bits per heavy atom. The van der Waals surface area contributed by atoms with Crippen LogP contribution < -0.4 is 10.6 Å². The Morgan fingerprint density at radius 1 is 1.14 bits per heavy atom. The number of piperidine rings is 1. The maximum absolute atomic E-state index is 12.9. The standard InChI is InChI=1S/C20H26FN5O2/c1-15-4-2-3-10-25(15)11-9-19(27)24-18-12-22-26(13-18)14-20(28)23-17-7-5-16(21)6-8-17/h5-8,12-13,15H,2-4,9-11,14H2,1H3,(H,23,28)(H,24,27). The van der Waals surface area contributed by atoms with Crippen molar-refractivity contribution >= 4 is 23.2 Å². The molecule has 2 aromatic rings. The van der Waals surface area contributed by atoms with Gasteiger partial charge in [0.15, 0.2) is 0 Å². The van der Waals surface area contributed by atoms with Gasteiger partial charge in [0, 0.05) is 30.9 Å². The SMILES string of the molecule is CC1CCCCN1CCC(=O)Nc1cnn(CC(=O)Nc2ccc(F)cc2)c1. The molecule has 2 N–H and O–H groups in total.